The maximum atomic E-state index is 14.2. The Morgan fingerprint density at radius 3 is 1.81 bits per heavy atom. The number of hydrogen-bond acceptors (Lipinski definition) is 4. The van der Waals surface area contributed by atoms with E-state index in [-0.39, 0.29) is 26.2 Å². The zero-order valence-corrected chi connectivity index (χ0v) is 28.1. The van der Waals surface area contributed by atoms with E-state index in [9.17, 15) is 14.0 Å². The van der Waals surface area contributed by atoms with E-state index in [0.717, 1.165) is 0 Å². The van der Waals surface area contributed by atoms with Crippen molar-refractivity contribution in [2.24, 2.45) is 0 Å². The molecule has 7 aromatic rings. The molecule has 0 radical (unpaired) electrons. The van der Waals surface area contributed by atoms with Crippen molar-refractivity contribution < 1.29 is 4.39 Å². The van der Waals surface area contributed by atoms with Crippen molar-refractivity contribution in [2.45, 2.75) is 13.8 Å². The van der Waals surface area contributed by atoms with Crippen molar-refractivity contribution in [3.05, 3.63) is 148 Å². The molecular weight excluding hydrogens is 709 g/mol. The summed E-state index contributed by atoms with van der Waals surface area (Å²) in [4.78, 5) is 33.7. The Hall–Kier alpha value is -4.25. The van der Waals surface area contributed by atoms with Gasteiger partial charge in [-0.1, -0.05) is 70.1 Å². The van der Waals surface area contributed by atoms with Crippen LogP contribution in [0.2, 0.25) is 25.1 Å². The lowest BCUT2D eigenvalue weighted by atomic mass is 10.2. The van der Waals surface area contributed by atoms with E-state index in [1.807, 2.05) is 0 Å². The van der Waals surface area contributed by atoms with Gasteiger partial charge in [0, 0.05) is 18.0 Å². The highest BCUT2D eigenvalue weighted by Crippen LogP contribution is 2.39. The Labute approximate surface area is 290 Å². The van der Waals surface area contributed by atoms with Crippen molar-refractivity contribution in [1.82, 2.24) is 23.4 Å². The average Bonchev–Trinajstić information content (AvgIpc) is 3.42. The fourth-order valence-corrected chi connectivity index (χ4v) is 6.97. The number of para-hydroxylation sites is 2. The van der Waals surface area contributed by atoms with E-state index < -0.39 is 5.82 Å². The Morgan fingerprint density at radius 2 is 1.21 bits per heavy atom. The SMILES string of the molecule is Cc1c(=O)n(-c2c(Cl)cccc2Cl)n2ccc(N(c3ccn4c(n3)c(C)c(=O)n4-c3c(Cl)cccc3Cl)c3ccc(F)cc3Cl)cc12. The topological polar surface area (TPSA) is 69.0 Å². The molecule has 0 saturated heterocycles. The Morgan fingerprint density at radius 1 is 0.660 bits per heavy atom. The van der Waals surface area contributed by atoms with Gasteiger partial charge < -0.3 is 0 Å². The number of aryl methyl sites for hydroxylation is 2. The second kappa shape index (κ2) is 11.8. The molecule has 0 aliphatic heterocycles. The minimum atomic E-state index is -0.523. The average molecular weight is 729 g/mol. The standard InChI is InChI=1S/C33H20Cl5FN6O2/c1-17-27-16-20(11-13-41(27)44(32(17)46)29-21(34)5-3-6-22(29)35)43(26-10-9-19(39)15-25(26)38)28-12-14-42-31(40-28)18(2)33(47)45(42)30-23(36)7-4-8-24(30)37/h3-16H,1-2H3. The number of hydrogen-bond donors (Lipinski definition) is 0. The Balaban J connectivity index is 1.47. The van der Waals surface area contributed by atoms with Gasteiger partial charge in [0.2, 0.25) is 0 Å². The number of benzene rings is 3. The van der Waals surface area contributed by atoms with Crippen LogP contribution >= 0.6 is 58.0 Å². The molecule has 0 saturated carbocycles. The number of rotatable bonds is 5. The maximum absolute atomic E-state index is 14.2. The fourth-order valence-electron chi connectivity index (χ4n) is 5.60. The quantitative estimate of drug-likeness (QED) is 0.177. The molecule has 7 rings (SSSR count). The van der Waals surface area contributed by atoms with Crippen LogP contribution in [0.1, 0.15) is 11.1 Å². The predicted octanol–water partition coefficient (Wildman–Crippen LogP) is 9.38. The number of pyridine rings is 1. The van der Waals surface area contributed by atoms with Gasteiger partial charge in [0.15, 0.2) is 5.65 Å². The first-order valence-electron chi connectivity index (χ1n) is 14.0. The van der Waals surface area contributed by atoms with Gasteiger partial charge in [0.25, 0.3) is 11.1 Å². The van der Waals surface area contributed by atoms with Crippen LogP contribution < -0.4 is 16.0 Å². The van der Waals surface area contributed by atoms with Crippen LogP contribution in [-0.2, 0) is 0 Å². The molecule has 14 heteroatoms. The van der Waals surface area contributed by atoms with Gasteiger partial charge in [-0.15, -0.1) is 0 Å². The van der Waals surface area contributed by atoms with Crippen LogP contribution in [0.5, 0.6) is 0 Å². The molecule has 236 valence electrons. The van der Waals surface area contributed by atoms with E-state index in [4.69, 9.17) is 63.0 Å². The lowest BCUT2D eigenvalue weighted by Gasteiger charge is -2.26. The third-order valence-corrected chi connectivity index (χ3v) is 9.36. The van der Waals surface area contributed by atoms with Gasteiger partial charge in [-0.3, -0.25) is 19.0 Å². The van der Waals surface area contributed by atoms with E-state index >= 15 is 0 Å². The van der Waals surface area contributed by atoms with Crippen LogP contribution in [-0.4, -0.2) is 23.4 Å². The third-order valence-electron chi connectivity index (χ3n) is 7.83. The lowest BCUT2D eigenvalue weighted by molar-refractivity contribution is 0.628. The molecule has 3 aromatic carbocycles. The van der Waals surface area contributed by atoms with Gasteiger partial charge in [0.05, 0.1) is 47.6 Å². The predicted molar refractivity (Wildman–Crippen MR) is 187 cm³/mol. The zero-order chi connectivity index (χ0) is 33.3. The summed E-state index contributed by atoms with van der Waals surface area (Å²) in [6, 6.07) is 19.1. The number of halogens is 6. The summed E-state index contributed by atoms with van der Waals surface area (Å²) in [5.41, 5.74) is 2.51. The molecule has 0 N–H and O–H groups in total. The molecular formula is C33H20Cl5FN6O2. The van der Waals surface area contributed by atoms with Gasteiger partial charge in [0.1, 0.15) is 23.0 Å². The smallest absolute Gasteiger partial charge is 0.277 e. The summed E-state index contributed by atoms with van der Waals surface area (Å²) in [6.45, 7) is 3.34. The first-order valence-corrected chi connectivity index (χ1v) is 15.9. The summed E-state index contributed by atoms with van der Waals surface area (Å²) in [5.74, 6) is -0.174. The number of fused-ring (bicyclic) bond motifs is 2. The van der Waals surface area contributed by atoms with Gasteiger partial charge in [-0.05, 0) is 74.5 Å². The molecule has 47 heavy (non-hydrogen) atoms. The van der Waals surface area contributed by atoms with Crippen molar-refractivity contribution in [3.63, 3.8) is 0 Å². The van der Waals surface area contributed by atoms with E-state index in [0.29, 0.717) is 60.9 Å². The van der Waals surface area contributed by atoms with Crippen LogP contribution in [0.15, 0.2) is 94.8 Å². The number of aromatic nitrogens is 5. The second-order valence-corrected chi connectivity index (χ2v) is 12.7. The Bertz CT molecular complexity index is 2350. The summed E-state index contributed by atoms with van der Waals surface area (Å²) >= 11 is 32.6. The zero-order valence-electron chi connectivity index (χ0n) is 24.4. The summed E-state index contributed by atoms with van der Waals surface area (Å²) in [6.07, 6.45) is 3.34. The number of anilines is 3. The highest BCUT2D eigenvalue weighted by molar-refractivity contribution is 6.38. The monoisotopic (exact) mass is 726 g/mol. The number of nitrogens with zero attached hydrogens (tertiary/aromatic N) is 6. The molecule has 0 fully saturated rings. The highest BCUT2D eigenvalue weighted by Gasteiger charge is 2.24. The van der Waals surface area contributed by atoms with Crippen LogP contribution in [0, 0.1) is 19.7 Å². The molecule has 4 heterocycles. The van der Waals surface area contributed by atoms with Crippen LogP contribution in [0.3, 0.4) is 0 Å². The lowest BCUT2D eigenvalue weighted by Crippen LogP contribution is -2.19. The van der Waals surface area contributed by atoms with Crippen molar-refractivity contribution in [1.29, 1.82) is 0 Å². The summed E-state index contributed by atoms with van der Waals surface area (Å²) < 4.78 is 20.2. The Kier molecular flexibility index (Phi) is 7.85. The van der Waals surface area contributed by atoms with Crippen molar-refractivity contribution >= 4 is 86.4 Å². The first-order chi connectivity index (χ1) is 22.5. The van der Waals surface area contributed by atoms with Crippen molar-refractivity contribution in [3.8, 4) is 11.4 Å². The first kappa shape index (κ1) is 31.4. The van der Waals surface area contributed by atoms with E-state index in [1.165, 1.54) is 27.6 Å². The molecule has 0 aliphatic rings. The molecule has 0 atom stereocenters. The minimum absolute atomic E-state index is 0.107. The minimum Gasteiger partial charge on any atom is -0.293 e. The second-order valence-electron chi connectivity index (χ2n) is 10.6. The molecule has 0 bridgehead atoms. The van der Waals surface area contributed by atoms with Gasteiger partial charge in [-0.2, -0.15) is 0 Å². The maximum Gasteiger partial charge on any atom is 0.277 e. The normalized spacial score (nSPS) is 11.6. The van der Waals surface area contributed by atoms with Crippen LogP contribution in [0.25, 0.3) is 22.5 Å². The molecule has 4 aromatic heterocycles. The molecule has 0 aliphatic carbocycles. The summed E-state index contributed by atoms with van der Waals surface area (Å²) in [7, 11) is 0. The van der Waals surface area contributed by atoms with Crippen LogP contribution in [0.4, 0.5) is 21.6 Å². The third kappa shape index (κ3) is 5.01. The molecule has 0 unspecified atom stereocenters. The van der Waals surface area contributed by atoms with E-state index in [1.54, 1.807) is 94.8 Å². The fraction of sp³-hybridized carbons (Fsp3) is 0.0606. The highest BCUT2D eigenvalue weighted by atomic mass is 35.5. The van der Waals surface area contributed by atoms with Gasteiger partial charge >= 0.3 is 0 Å². The molecule has 0 amide bonds. The van der Waals surface area contributed by atoms with E-state index in [2.05, 4.69) is 0 Å². The summed E-state index contributed by atoms with van der Waals surface area (Å²) in [5, 5.41) is 1.28. The molecule has 8 nitrogen and oxygen atoms in total. The largest absolute Gasteiger partial charge is 0.293 e. The van der Waals surface area contributed by atoms with Gasteiger partial charge in [-0.25, -0.2) is 23.3 Å². The van der Waals surface area contributed by atoms with Crippen molar-refractivity contribution in [2.75, 3.05) is 4.90 Å². The molecule has 0 spiro atoms.